The maximum atomic E-state index is 2.51. The fourth-order valence-corrected chi connectivity index (χ4v) is 4.54. The maximum absolute atomic E-state index is 2.51. The van der Waals surface area contributed by atoms with E-state index in [0.29, 0.717) is 0 Å². The number of benzene rings is 1. The topological polar surface area (TPSA) is 8.81 Å². The molecule has 0 atom stereocenters. The van der Waals surface area contributed by atoms with Crippen LogP contribution < -0.4 is 4.57 Å². The lowest BCUT2D eigenvalue weighted by Crippen LogP contribution is -2.37. The highest BCUT2D eigenvalue weighted by Gasteiger charge is 2.16. The van der Waals surface area contributed by atoms with Crippen molar-refractivity contribution >= 4 is 0 Å². The Morgan fingerprint density at radius 2 is 1.19 bits per heavy atom. The zero-order chi connectivity index (χ0) is 22.0. The van der Waals surface area contributed by atoms with Gasteiger partial charge in [-0.15, -0.1) is 0 Å². The van der Waals surface area contributed by atoms with Crippen molar-refractivity contribution in [1.82, 2.24) is 4.57 Å². The lowest BCUT2D eigenvalue weighted by Gasteiger charge is -2.06. The van der Waals surface area contributed by atoms with Crippen LogP contribution in [0.5, 0.6) is 0 Å². The third-order valence-corrected chi connectivity index (χ3v) is 6.54. The minimum absolute atomic E-state index is 0.994. The van der Waals surface area contributed by atoms with E-state index in [2.05, 4.69) is 65.7 Å². The molecule has 31 heavy (non-hydrogen) atoms. The molecule has 2 rings (SSSR count). The Balaban J connectivity index is 1.63. The molecule has 2 heteroatoms. The molecule has 2 aromatic rings. The molecule has 1 aromatic carbocycles. The third kappa shape index (κ3) is 11.0. The van der Waals surface area contributed by atoms with E-state index in [1.54, 1.807) is 0 Å². The van der Waals surface area contributed by atoms with Crippen molar-refractivity contribution < 1.29 is 4.57 Å². The first kappa shape index (κ1) is 25.7. The second-order valence-corrected chi connectivity index (χ2v) is 9.37. The van der Waals surface area contributed by atoms with E-state index in [4.69, 9.17) is 0 Å². The summed E-state index contributed by atoms with van der Waals surface area (Å²) in [5.74, 6) is 1.51. The minimum atomic E-state index is 0.994. The molecule has 0 amide bonds. The van der Waals surface area contributed by atoms with Crippen LogP contribution in [0.1, 0.15) is 122 Å². The molecule has 0 aliphatic carbocycles. The van der Waals surface area contributed by atoms with Gasteiger partial charge in [-0.25, -0.2) is 9.13 Å². The molecular formula is C29H49N2+. The minimum Gasteiger partial charge on any atom is -0.234 e. The van der Waals surface area contributed by atoms with Gasteiger partial charge in [0.1, 0.15) is 18.9 Å². The van der Waals surface area contributed by atoms with E-state index in [-0.39, 0.29) is 0 Å². The molecule has 0 N–H and O–H groups in total. The highest BCUT2D eigenvalue weighted by atomic mass is 15.1. The van der Waals surface area contributed by atoms with Crippen LogP contribution in [0.15, 0.2) is 42.7 Å². The van der Waals surface area contributed by atoms with Gasteiger partial charge in [-0.05, 0) is 18.4 Å². The van der Waals surface area contributed by atoms with Crippen LogP contribution in [0.4, 0.5) is 0 Å². The average Bonchev–Trinajstić information content (AvgIpc) is 3.17. The van der Waals surface area contributed by atoms with E-state index in [1.165, 1.54) is 114 Å². The molecule has 0 spiro atoms. The second kappa shape index (κ2) is 17.0. The van der Waals surface area contributed by atoms with Gasteiger partial charge < -0.3 is 0 Å². The number of nitrogens with zero attached hydrogens (tertiary/aromatic N) is 2. The first-order valence-electron chi connectivity index (χ1n) is 13.5. The summed E-state index contributed by atoms with van der Waals surface area (Å²) in [7, 11) is 0. The summed E-state index contributed by atoms with van der Waals surface area (Å²) in [5, 5.41) is 0. The molecule has 0 fully saturated rings. The van der Waals surface area contributed by atoms with Crippen LogP contribution in [0, 0.1) is 0 Å². The smallest absolute Gasteiger partial charge is 0.234 e. The van der Waals surface area contributed by atoms with E-state index in [9.17, 15) is 0 Å². The Labute approximate surface area is 193 Å². The van der Waals surface area contributed by atoms with E-state index in [1.807, 2.05) is 0 Å². The van der Waals surface area contributed by atoms with Gasteiger partial charge in [0.2, 0.25) is 0 Å². The van der Waals surface area contributed by atoms with E-state index < -0.39 is 0 Å². The van der Waals surface area contributed by atoms with Gasteiger partial charge in [0.05, 0.1) is 6.54 Å². The molecular weight excluding hydrogens is 376 g/mol. The standard InChI is InChI=1S/C29H49N2/c1-3-5-7-8-9-10-11-12-13-14-15-16-20-23-29-30(24-6-4-2)25-26-31(29)27-28-21-18-17-19-22-28/h17-19,21-22,25-26H,3-16,20,23-24,27H2,1-2H3/q+1. The summed E-state index contributed by atoms with van der Waals surface area (Å²) in [6.07, 6.45) is 26.8. The average molecular weight is 426 g/mol. The van der Waals surface area contributed by atoms with Crippen LogP contribution in [-0.2, 0) is 19.5 Å². The van der Waals surface area contributed by atoms with Crippen LogP contribution >= 0.6 is 0 Å². The van der Waals surface area contributed by atoms with Gasteiger partial charge in [-0.2, -0.15) is 0 Å². The van der Waals surface area contributed by atoms with Crippen molar-refractivity contribution in [3.8, 4) is 0 Å². The molecule has 0 aliphatic heterocycles. The van der Waals surface area contributed by atoms with Crippen molar-refractivity contribution in [3.05, 3.63) is 54.1 Å². The lowest BCUT2D eigenvalue weighted by atomic mass is 10.0. The number of hydrogen-bond acceptors (Lipinski definition) is 0. The second-order valence-electron chi connectivity index (χ2n) is 9.37. The number of unbranched alkanes of at least 4 members (excludes halogenated alkanes) is 13. The summed E-state index contributed by atoms with van der Waals surface area (Å²) in [5.41, 5.74) is 1.40. The SMILES string of the molecule is CCCCCCCCCCCCCCCc1n(Cc2ccccc2)cc[n+]1CCCC. The Kier molecular flexibility index (Phi) is 14.1. The Hall–Kier alpha value is -1.57. The Bertz CT molecular complexity index is 659. The van der Waals surface area contributed by atoms with Gasteiger partial charge in [-0.3, -0.25) is 0 Å². The number of aromatic nitrogens is 2. The Morgan fingerprint density at radius 1 is 0.645 bits per heavy atom. The zero-order valence-corrected chi connectivity index (χ0v) is 20.7. The molecule has 174 valence electrons. The monoisotopic (exact) mass is 425 g/mol. The zero-order valence-electron chi connectivity index (χ0n) is 20.7. The van der Waals surface area contributed by atoms with Crippen molar-refractivity contribution in [2.45, 2.75) is 130 Å². The van der Waals surface area contributed by atoms with Crippen LogP contribution in [-0.4, -0.2) is 4.57 Å². The van der Waals surface area contributed by atoms with Crippen molar-refractivity contribution in [2.75, 3.05) is 0 Å². The van der Waals surface area contributed by atoms with E-state index in [0.717, 1.165) is 13.1 Å². The third-order valence-electron chi connectivity index (χ3n) is 6.54. The Morgan fingerprint density at radius 3 is 1.77 bits per heavy atom. The molecule has 2 nitrogen and oxygen atoms in total. The maximum Gasteiger partial charge on any atom is 0.256 e. The fraction of sp³-hybridized carbons (Fsp3) is 0.690. The number of imidazole rings is 1. The molecule has 0 bridgehead atoms. The molecule has 1 heterocycles. The predicted octanol–water partition coefficient (Wildman–Crippen LogP) is 8.26. The normalized spacial score (nSPS) is 11.3. The number of rotatable bonds is 19. The molecule has 0 aliphatic rings. The van der Waals surface area contributed by atoms with Crippen LogP contribution in [0.2, 0.25) is 0 Å². The summed E-state index contributed by atoms with van der Waals surface area (Å²) in [6, 6.07) is 10.9. The molecule has 0 saturated carbocycles. The van der Waals surface area contributed by atoms with Crippen LogP contribution in [0.25, 0.3) is 0 Å². The highest BCUT2D eigenvalue weighted by Crippen LogP contribution is 2.14. The van der Waals surface area contributed by atoms with Crippen LogP contribution in [0.3, 0.4) is 0 Å². The quantitative estimate of drug-likeness (QED) is 0.158. The van der Waals surface area contributed by atoms with Gasteiger partial charge in [0, 0.05) is 6.42 Å². The first-order valence-corrected chi connectivity index (χ1v) is 13.5. The predicted molar refractivity (Wildman–Crippen MR) is 134 cm³/mol. The largest absolute Gasteiger partial charge is 0.256 e. The molecule has 0 saturated heterocycles. The fourth-order valence-electron chi connectivity index (χ4n) is 4.54. The van der Waals surface area contributed by atoms with Crippen molar-refractivity contribution in [2.24, 2.45) is 0 Å². The summed E-state index contributed by atoms with van der Waals surface area (Å²) in [4.78, 5) is 0. The summed E-state index contributed by atoms with van der Waals surface area (Å²) in [6.45, 7) is 6.74. The van der Waals surface area contributed by atoms with Gasteiger partial charge in [-0.1, -0.05) is 128 Å². The number of hydrogen-bond donors (Lipinski definition) is 0. The highest BCUT2D eigenvalue weighted by molar-refractivity contribution is 5.15. The van der Waals surface area contributed by atoms with E-state index >= 15 is 0 Å². The van der Waals surface area contributed by atoms with Crippen molar-refractivity contribution in [3.63, 3.8) is 0 Å². The molecule has 0 unspecified atom stereocenters. The molecule has 1 aromatic heterocycles. The van der Waals surface area contributed by atoms with Gasteiger partial charge >= 0.3 is 0 Å². The lowest BCUT2D eigenvalue weighted by molar-refractivity contribution is -0.704. The molecule has 0 radical (unpaired) electrons. The summed E-state index contributed by atoms with van der Waals surface area (Å²) < 4.78 is 4.98. The first-order chi connectivity index (χ1) is 15.3. The summed E-state index contributed by atoms with van der Waals surface area (Å²) >= 11 is 0. The van der Waals surface area contributed by atoms with Crippen molar-refractivity contribution in [1.29, 1.82) is 0 Å². The number of aryl methyl sites for hydroxylation is 1. The van der Waals surface area contributed by atoms with Gasteiger partial charge in [0.25, 0.3) is 5.82 Å². The van der Waals surface area contributed by atoms with Gasteiger partial charge in [0.15, 0.2) is 0 Å².